The molecule has 176 valence electrons. The topological polar surface area (TPSA) is 54.0 Å². The van der Waals surface area contributed by atoms with Gasteiger partial charge in [0.25, 0.3) is 0 Å². The molecule has 5 nitrogen and oxygen atoms in total. The molecular weight excluding hydrogens is 517 g/mol. The summed E-state index contributed by atoms with van der Waals surface area (Å²) in [6, 6.07) is 3.47. The first kappa shape index (κ1) is 26.0. The summed E-state index contributed by atoms with van der Waals surface area (Å²) in [5, 5.41) is 0.724. The van der Waals surface area contributed by atoms with Crippen molar-refractivity contribution in [1.82, 2.24) is 0 Å². The summed E-state index contributed by atoms with van der Waals surface area (Å²) in [7, 11) is -1.00. The number of hydrogen-bond donors (Lipinski definition) is 0. The molecule has 1 saturated heterocycles. The highest BCUT2D eigenvalue weighted by atomic mass is 79.9. The monoisotopic (exact) mass is 546 g/mol. The minimum atomic E-state index is -1.27. The number of halogens is 2. The van der Waals surface area contributed by atoms with Crippen LogP contribution in [-0.4, -0.2) is 36.5 Å². The minimum absolute atomic E-state index is 0.305. The molecule has 2 aromatic rings. The summed E-state index contributed by atoms with van der Waals surface area (Å²) in [4.78, 5) is 13.4. The Morgan fingerprint density at radius 2 is 1.84 bits per heavy atom. The van der Waals surface area contributed by atoms with Crippen LogP contribution in [0.4, 0.5) is 4.39 Å². The van der Waals surface area contributed by atoms with E-state index in [9.17, 15) is 9.18 Å². The molecule has 2 unspecified atom stereocenters. The van der Waals surface area contributed by atoms with E-state index in [0.29, 0.717) is 27.0 Å². The van der Waals surface area contributed by atoms with Crippen molar-refractivity contribution >= 4 is 64.7 Å². The third kappa shape index (κ3) is 5.23. The van der Waals surface area contributed by atoms with Gasteiger partial charge in [-0.2, -0.15) is 0 Å². The molecule has 1 fully saturated rings. The van der Waals surface area contributed by atoms with E-state index in [2.05, 4.69) is 15.9 Å². The predicted molar refractivity (Wildman–Crippen MR) is 134 cm³/mol. The van der Waals surface area contributed by atoms with E-state index in [1.807, 2.05) is 55.4 Å². The Hall–Kier alpha value is -0.565. The molecule has 0 saturated carbocycles. The van der Waals surface area contributed by atoms with Gasteiger partial charge in [-0.15, -0.1) is 11.3 Å². The summed E-state index contributed by atoms with van der Waals surface area (Å²) >= 11 is 4.88. The quantitative estimate of drug-likeness (QED) is 0.234. The molecule has 1 aliphatic heterocycles. The molecule has 10 heteroatoms. The van der Waals surface area contributed by atoms with Crippen molar-refractivity contribution in [3.8, 4) is 0 Å². The third-order valence-electron chi connectivity index (χ3n) is 5.49. The number of benzene rings is 1. The van der Waals surface area contributed by atoms with Crippen molar-refractivity contribution in [2.24, 2.45) is 0 Å². The summed E-state index contributed by atoms with van der Waals surface area (Å²) in [5.74, 6) is -1.72. The van der Waals surface area contributed by atoms with Gasteiger partial charge in [-0.05, 0) is 83.5 Å². The molecule has 1 aliphatic rings. The maximum Gasteiger partial charge on any atom is 0.496 e. The molecule has 0 spiro atoms. The van der Waals surface area contributed by atoms with Crippen molar-refractivity contribution in [2.75, 3.05) is 6.61 Å². The lowest BCUT2D eigenvalue weighted by atomic mass is 9.77. The van der Waals surface area contributed by atoms with Crippen LogP contribution in [0.15, 0.2) is 16.6 Å². The first-order valence-electron chi connectivity index (χ1n) is 10.5. The lowest BCUT2D eigenvalue weighted by Gasteiger charge is -2.32. The normalized spacial score (nSPS) is 19.2. The van der Waals surface area contributed by atoms with Crippen LogP contribution < -0.4 is 5.46 Å². The Balaban J connectivity index is 2.16. The van der Waals surface area contributed by atoms with Gasteiger partial charge in [-0.3, -0.25) is 0 Å². The molecule has 0 aliphatic carbocycles. The first-order valence-corrected chi connectivity index (χ1v) is 13.1. The largest absolute Gasteiger partial charge is 0.496 e. The minimum Gasteiger partial charge on any atom is -0.456 e. The predicted octanol–water partition coefficient (Wildman–Crippen LogP) is 6.52. The highest BCUT2D eigenvalue weighted by Gasteiger charge is 2.52. The molecule has 2 heterocycles. The zero-order chi connectivity index (χ0) is 24.1. The van der Waals surface area contributed by atoms with Crippen LogP contribution in [0, 0.1) is 0 Å². The first-order chi connectivity index (χ1) is 14.7. The number of rotatable bonds is 6. The lowest BCUT2D eigenvalue weighted by molar-refractivity contribution is 0.00578. The number of hydrogen-bond acceptors (Lipinski definition) is 6. The fourth-order valence-corrected chi connectivity index (χ4v) is 6.24. The number of carbonyl (C=O) groups is 1. The van der Waals surface area contributed by atoms with Crippen molar-refractivity contribution in [3.63, 3.8) is 0 Å². The van der Waals surface area contributed by atoms with Gasteiger partial charge in [0.1, 0.15) is 5.60 Å². The van der Waals surface area contributed by atoms with Gasteiger partial charge in [0.05, 0.1) is 30.5 Å². The van der Waals surface area contributed by atoms with E-state index < -0.39 is 35.8 Å². The van der Waals surface area contributed by atoms with Gasteiger partial charge < -0.3 is 18.6 Å². The second-order valence-corrected chi connectivity index (χ2v) is 12.6. The number of ether oxygens (including phenoxy) is 1. The summed E-state index contributed by atoms with van der Waals surface area (Å²) in [6.07, 6.45) is 0. The van der Waals surface area contributed by atoms with Gasteiger partial charge in [-0.25, -0.2) is 9.18 Å². The SMILES string of the molecule is CCOPC(F)c1sc2c(B3OC(C)(C)C(C)(C)O3)cc(C(=O)OC(C)(C)C)cc2c1Br. The highest BCUT2D eigenvalue weighted by Crippen LogP contribution is 2.48. The molecule has 3 rings (SSSR count). The molecule has 32 heavy (non-hydrogen) atoms. The third-order valence-corrected chi connectivity index (χ3v) is 9.05. The average molecular weight is 547 g/mol. The maximum atomic E-state index is 15.0. The van der Waals surface area contributed by atoms with Gasteiger partial charge in [0.2, 0.25) is 0 Å². The molecule has 1 aromatic carbocycles. The smallest absolute Gasteiger partial charge is 0.456 e. The van der Waals surface area contributed by atoms with Gasteiger partial charge in [0, 0.05) is 26.6 Å². The van der Waals surface area contributed by atoms with E-state index >= 15 is 0 Å². The molecule has 1 aromatic heterocycles. The Kier molecular flexibility index (Phi) is 7.52. The average Bonchev–Trinajstić information content (AvgIpc) is 3.10. The standard InChI is InChI=1S/C22H30BBrFO5PS/c1-9-27-31-18(25)17-15(24)13-10-12(19(26)28-20(2,3)4)11-14(16(13)32-17)23-29-21(5,6)22(7,8)30-23/h10-11,18,31H,9H2,1-8H3. The fraction of sp³-hybridized carbons (Fsp3) is 0.591. The van der Waals surface area contributed by atoms with Crippen LogP contribution in [0.3, 0.4) is 0 Å². The number of thiophene rings is 1. The van der Waals surface area contributed by atoms with Crippen LogP contribution in [0.5, 0.6) is 0 Å². The Labute approximate surface area is 203 Å². The summed E-state index contributed by atoms with van der Waals surface area (Å²) in [6.45, 7) is 15.6. The Morgan fingerprint density at radius 3 is 2.38 bits per heavy atom. The van der Waals surface area contributed by atoms with Crippen molar-refractivity contribution in [2.45, 2.75) is 78.1 Å². The van der Waals surface area contributed by atoms with Crippen molar-refractivity contribution in [1.29, 1.82) is 0 Å². The second kappa shape index (κ2) is 9.24. The van der Waals surface area contributed by atoms with E-state index in [1.54, 1.807) is 12.1 Å². The van der Waals surface area contributed by atoms with Crippen LogP contribution in [0.2, 0.25) is 0 Å². The molecule has 0 N–H and O–H groups in total. The fourth-order valence-electron chi connectivity index (χ4n) is 3.19. The molecule has 0 radical (unpaired) electrons. The molecule has 0 amide bonds. The zero-order valence-corrected chi connectivity index (χ0v) is 23.1. The van der Waals surface area contributed by atoms with E-state index in [4.69, 9.17) is 18.6 Å². The lowest BCUT2D eigenvalue weighted by Crippen LogP contribution is -2.41. The maximum absolute atomic E-state index is 15.0. The highest BCUT2D eigenvalue weighted by molar-refractivity contribution is 9.10. The van der Waals surface area contributed by atoms with E-state index in [-0.39, 0.29) is 8.81 Å². The Bertz CT molecular complexity index is 1000. The van der Waals surface area contributed by atoms with Crippen LogP contribution in [0.25, 0.3) is 10.1 Å². The summed E-state index contributed by atoms with van der Waals surface area (Å²) in [5.41, 5.74) is -0.698. The van der Waals surface area contributed by atoms with Crippen LogP contribution >= 0.6 is 36.1 Å². The van der Waals surface area contributed by atoms with Gasteiger partial charge >= 0.3 is 13.1 Å². The van der Waals surface area contributed by atoms with Crippen molar-refractivity contribution in [3.05, 3.63) is 27.0 Å². The van der Waals surface area contributed by atoms with Gasteiger partial charge in [-0.1, -0.05) is 0 Å². The molecular formula is C22H30BBrFO5PS. The second-order valence-electron chi connectivity index (χ2n) is 9.73. The number of alkyl halides is 1. The molecule has 2 atom stereocenters. The number of carbonyl (C=O) groups excluding carboxylic acids is 1. The zero-order valence-electron chi connectivity index (χ0n) is 19.7. The summed E-state index contributed by atoms with van der Waals surface area (Å²) < 4.78 is 39.8. The van der Waals surface area contributed by atoms with Gasteiger partial charge in [0.15, 0.2) is 5.91 Å². The molecule has 0 bridgehead atoms. The van der Waals surface area contributed by atoms with Crippen LogP contribution in [-0.2, 0) is 18.6 Å². The Morgan fingerprint density at radius 1 is 1.25 bits per heavy atom. The number of fused-ring (bicyclic) bond motifs is 1. The van der Waals surface area contributed by atoms with E-state index in [1.165, 1.54) is 11.3 Å². The van der Waals surface area contributed by atoms with E-state index in [0.717, 1.165) is 10.1 Å². The number of esters is 1. The van der Waals surface area contributed by atoms with Crippen LogP contribution in [0.1, 0.15) is 76.5 Å². The van der Waals surface area contributed by atoms with Crippen molar-refractivity contribution < 1.29 is 27.8 Å².